The van der Waals surface area contributed by atoms with Crippen LogP contribution in [0.4, 0.5) is 4.39 Å². The molecule has 0 spiro atoms. The number of aliphatic carboxylic acids is 1. The summed E-state index contributed by atoms with van der Waals surface area (Å²) >= 11 is 12.2. The zero-order valence-corrected chi connectivity index (χ0v) is 11.5. The highest BCUT2D eigenvalue weighted by atomic mass is 35.5. The Kier molecular flexibility index (Phi) is 3.04. The van der Waals surface area contributed by atoms with Gasteiger partial charge in [0.05, 0.1) is 10.0 Å². The van der Waals surface area contributed by atoms with Gasteiger partial charge in [-0.2, -0.15) is 0 Å². The van der Waals surface area contributed by atoms with Crippen molar-refractivity contribution in [3.63, 3.8) is 0 Å². The van der Waals surface area contributed by atoms with Crippen LogP contribution in [0.2, 0.25) is 10.0 Å². The largest absolute Gasteiger partial charge is 0.478 e. The van der Waals surface area contributed by atoms with Gasteiger partial charge >= 0.3 is 5.97 Å². The van der Waals surface area contributed by atoms with Crippen LogP contribution in [0.5, 0.6) is 0 Å². The van der Waals surface area contributed by atoms with Crippen molar-refractivity contribution < 1.29 is 14.3 Å². The van der Waals surface area contributed by atoms with Crippen LogP contribution in [-0.4, -0.2) is 11.1 Å². The van der Waals surface area contributed by atoms with Crippen LogP contribution in [0.3, 0.4) is 0 Å². The monoisotopic (exact) mass is 308 g/mol. The minimum absolute atomic E-state index is 0.339. The van der Waals surface area contributed by atoms with Gasteiger partial charge in [0, 0.05) is 11.6 Å². The van der Waals surface area contributed by atoms with Crippen LogP contribution in [0.25, 0.3) is 16.7 Å². The van der Waals surface area contributed by atoms with E-state index in [0.717, 1.165) is 6.08 Å². The number of carboxylic acids is 1. The predicted octanol–water partition coefficient (Wildman–Crippen LogP) is 4.63. The summed E-state index contributed by atoms with van der Waals surface area (Å²) < 4.78 is 13.4. The Bertz CT molecular complexity index is 782. The number of fused-ring (bicyclic) bond motifs is 3. The number of halogens is 3. The highest BCUT2D eigenvalue weighted by molar-refractivity contribution is 6.44. The molecule has 1 N–H and O–H groups in total. The van der Waals surface area contributed by atoms with Gasteiger partial charge in [-0.25, -0.2) is 9.18 Å². The molecular formula is C15H7Cl2FO2. The van der Waals surface area contributed by atoms with E-state index in [1.54, 1.807) is 18.2 Å². The average Bonchev–Trinajstić information content (AvgIpc) is 2.68. The molecule has 0 bridgehead atoms. The second kappa shape index (κ2) is 4.62. The average molecular weight is 309 g/mol. The van der Waals surface area contributed by atoms with Gasteiger partial charge in [-0.05, 0) is 40.5 Å². The normalized spacial score (nSPS) is 14.2. The molecule has 0 fully saturated rings. The summed E-state index contributed by atoms with van der Waals surface area (Å²) in [7, 11) is 0. The van der Waals surface area contributed by atoms with Crippen molar-refractivity contribution in [2.45, 2.75) is 0 Å². The quantitative estimate of drug-likeness (QED) is 0.665. The molecule has 100 valence electrons. The molecule has 2 aromatic carbocycles. The van der Waals surface area contributed by atoms with Gasteiger partial charge in [0.2, 0.25) is 0 Å². The standard InChI is InChI=1S/C15H7Cl2FO2/c16-12-4-3-9-11(6-13(19)20)10-5-7(18)1-2-8(10)14(9)15(12)17/h1-6H,(H,19,20)/b11-6-. The Morgan fingerprint density at radius 2 is 1.80 bits per heavy atom. The lowest BCUT2D eigenvalue weighted by Crippen LogP contribution is -1.92. The fourth-order valence-corrected chi connectivity index (χ4v) is 2.84. The maximum absolute atomic E-state index is 13.4. The molecule has 0 radical (unpaired) electrons. The van der Waals surface area contributed by atoms with Crippen molar-refractivity contribution in [3.05, 3.63) is 63.4 Å². The third-order valence-electron chi connectivity index (χ3n) is 3.19. The molecule has 2 nitrogen and oxygen atoms in total. The summed E-state index contributed by atoms with van der Waals surface area (Å²) in [6.07, 6.45) is 1.05. The summed E-state index contributed by atoms with van der Waals surface area (Å²) in [5.41, 5.74) is 2.90. The van der Waals surface area contributed by atoms with E-state index in [9.17, 15) is 9.18 Å². The lowest BCUT2D eigenvalue weighted by Gasteiger charge is -2.05. The maximum atomic E-state index is 13.4. The van der Waals surface area contributed by atoms with Gasteiger partial charge in [0.15, 0.2) is 0 Å². The first-order chi connectivity index (χ1) is 9.49. The van der Waals surface area contributed by atoms with E-state index >= 15 is 0 Å². The number of hydrogen-bond donors (Lipinski definition) is 1. The van der Waals surface area contributed by atoms with E-state index in [0.29, 0.717) is 37.9 Å². The number of hydrogen-bond acceptors (Lipinski definition) is 1. The molecule has 0 saturated carbocycles. The molecular weight excluding hydrogens is 302 g/mol. The predicted molar refractivity (Wildman–Crippen MR) is 76.6 cm³/mol. The minimum Gasteiger partial charge on any atom is -0.478 e. The first-order valence-electron chi connectivity index (χ1n) is 5.72. The molecule has 0 aromatic heterocycles. The number of carboxylic acid groups (broad SMARTS) is 1. The second-order valence-electron chi connectivity index (χ2n) is 4.37. The number of rotatable bonds is 1. The zero-order valence-electron chi connectivity index (χ0n) is 9.95. The van der Waals surface area contributed by atoms with Crippen molar-refractivity contribution in [1.29, 1.82) is 0 Å². The molecule has 3 rings (SSSR count). The second-order valence-corrected chi connectivity index (χ2v) is 5.16. The Labute approximate surface area is 124 Å². The van der Waals surface area contributed by atoms with Crippen LogP contribution >= 0.6 is 23.2 Å². The van der Waals surface area contributed by atoms with Crippen LogP contribution in [-0.2, 0) is 4.79 Å². The van der Waals surface area contributed by atoms with E-state index in [2.05, 4.69) is 0 Å². The Morgan fingerprint density at radius 3 is 2.50 bits per heavy atom. The molecule has 0 saturated heterocycles. The van der Waals surface area contributed by atoms with Gasteiger partial charge in [-0.15, -0.1) is 0 Å². The summed E-state index contributed by atoms with van der Waals surface area (Å²) in [4.78, 5) is 11.0. The molecule has 0 aliphatic heterocycles. The summed E-state index contributed by atoms with van der Waals surface area (Å²) in [5.74, 6) is -1.54. The molecule has 0 atom stereocenters. The van der Waals surface area contributed by atoms with Gasteiger partial charge in [-0.3, -0.25) is 0 Å². The Balaban J connectivity index is 2.41. The fraction of sp³-hybridized carbons (Fsp3) is 0. The van der Waals surface area contributed by atoms with Gasteiger partial charge in [0.1, 0.15) is 5.82 Å². The van der Waals surface area contributed by atoms with Crippen molar-refractivity contribution in [3.8, 4) is 11.1 Å². The molecule has 20 heavy (non-hydrogen) atoms. The molecule has 0 heterocycles. The molecule has 0 unspecified atom stereocenters. The highest BCUT2D eigenvalue weighted by Crippen LogP contribution is 2.49. The third-order valence-corrected chi connectivity index (χ3v) is 4.00. The van der Waals surface area contributed by atoms with Crippen molar-refractivity contribution >= 4 is 34.7 Å². The summed E-state index contributed by atoms with van der Waals surface area (Å²) in [5, 5.41) is 9.70. The van der Waals surface area contributed by atoms with Crippen LogP contribution in [0.1, 0.15) is 11.1 Å². The van der Waals surface area contributed by atoms with Crippen molar-refractivity contribution in [2.75, 3.05) is 0 Å². The molecule has 5 heteroatoms. The molecule has 2 aromatic rings. The highest BCUT2D eigenvalue weighted by Gasteiger charge is 2.27. The van der Waals surface area contributed by atoms with Gasteiger partial charge < -0.3 is 5.11 Å². The smallest absolute Gasteiger partial charge is 0.328 e. The topological polar surface area (TPSA) is 37.3 Å². The van der Waals surface area contributed by atoms with E-state index in [1.807, 2.05) is 0 Å². The zero-order chi connectivity index (χ0) is 14.4. The SMILES string of the molecule is O=C(O)/C=C1\c2cc(F)ccc2-c2c1ccc(Cl)c2Cl. The molecule has 0 amide bonds. The Hall–Kier alpha value is -1.84. The molecule has 1 aliphatic carbocycles. The first kappa shape index (κ1) is 13.2. The molecule has 1 aliphatic rings. The maximum Gasteiger partial charge on any atom is 0.328 e. The van der Waals surface area contributed by atoms with E-state index in [4.69, 9.17) is 28.3 Å². The van der Waals surface area contributed by atoms with Gasteiger partial charge in [-0.1, -0.05) is 35.3 Å². The summed E-state index contributed by atoms with van der Waals surface area (Å²) in [6, 6.07) is 7.48. The van der Waals surface area contributed by atoms with Crippen molar-refractivity contribution in [1.82, 2.24) is 0 Å². The lowest BCUT2D eigenvalue weighted by atomic mass is 10.0. The van der Waals surface area contributed by atoms with Crippen LogP contribution < -0.4 is 0 Å². The third kappa shape index (κ3) is 1.90. The number of benzene rings is 2. The summed E-state index contributed by atoms with van der Waals surface area (Å²) in [6.45, 7) is 0. The fourth-order valence-electron chi connectivity index (χ4n) is 2.42. The van der Waals surface area contributed by atoms with Gasteiger partial charge in [0.25, 0.3) is 0 Å². The first-order valence-corrected chi connectivity index (χ1v) is 6.48. The minimum atomic E-state index is -1.10. The number of carbonyl (C=O) groups is 1. The van der Waals surface area contributed by atoms with Crippen molar-refractivity contribution in [2.24, 2.45) is 0 Å². The Morgan fingerprint density at radius 1 is 1.10 bits per heavy atom. The van der Waals surface area contributed by atoms with E-state index in [1.165, 1.54) is 12.1 Å². The van der Waals surface area contributed by atoms with Crippen LogP contribution in [0.15, 0.2) is 36.4 Å². The van der Waals surface area contributed by atoms with Crippen LogP contribution in [0, 0.1) is 5.82 Å². The lowest BCUT2D eigenvalue weighted by molar-refractivity contribution is -0.131. The van der Waals surface area contributed by atoms with E-state index < -0.39 is 11.8 Å². The van der Waals surface area contributed by atoms with E-state index in [-0.39, 0.29) is 0 Å².